The van der Waals surface area contributed by atoms with Gasteiger partial charge in [-0.25, -0.2) is 0 Å². The highest BCUT2D eigenvalue weighted by atomic mass is 16.5. The van der Waals surface area contributed by atoms with Crippen molar-refractivity contribution in [2.24, 2.45) is 11.3 Å². The highest BCUT2D eigenvalue weighted by molar-refractivity contribution is 5.82. The van der Waals surface area contributed by atoms with Crippen LogP contribution < -0.4 is 0 Å². The zero-order valence-electron chi connectivity index (χ0n) is 13.4. The molecule has 0 heterocycles. The van der Waals surface area contributed by atoms with Gasteiger partial charge in [-0.15, -0.1) is 0 Å². The van der Waals surface area contributed by atoms with Gasteiger partial charge in [0.05, 0.1) is 6.61 Å². The van der Waals surface area contributed by atoms with Crippen molar-refractivity contribution in [3.8, 4) is 0 Å². The van der Waals surface area contributed by atoms with Crippen LogP contribution in [0.3, 0.4) is 0 Å². The number of amides is 1. The van der Waals surface area contributed by atoms with Crippen molar-refractivity contribution in [2.75, 3.05) is 13.2 Å². The van der Waals surface area contributed by atoms with Crippen molar-refractivity contribution in [3.05, 3.63) is 0 Å². The maximum atomic E-state index is 12.3. The van der Waals surface area contributed by atoms with Gasteiger partial charge in [0.1, 0.15) is 6.54 Å². The average molecular weight is 271 g/mol. The first-order chi connectivity index (χ1) is 8.59. The lowest BCUT2D eigenvalue weighted by Crippen LogP contribution is -2.42. The minimum atomic E-state index is -0.340. The second-order valence-electron chi connectivity index (χ2n) is 6.39. The van der Waals surface area contributed by atoms with Gasteiger partial charge < -0.3 is 9.64 Å². The lowest BCUT2D eigenvalue weighted by atomic mass is 9.80. The van der Waals surface area contributed by atoms with Gasteiger partial charge >= 0.3 is 5.97 Å². The summed E-state index contributed by atoms with van der Waals surface area (Å²) in [5, 5.41) is 0. The lowest BCUT2D eigenvalue weighted by molar-refractivity contribution is -0.150. The van der Waals surface area contributed by atoms with Crippen molar-refractivity contribution >= 4 is 11.9 Å². The largest absolute Gasteiger partial charge is 0.465 e. The molecule has 4 heteroatoms. The van der Waals surface area contributed by atoms with Crippen LogP contribution in [0.1, 0.15) is 54.9 Å². The fourth-order valence-electron chi connectivity index (χ4n) is 1.59. The fraction of sp³-hybridized carbons (Fsp3) is 0.867. The molecule has 0 bridgehead atoms. The van der Waals surface area contributed by atoms with E-state index in [0.29, 0.717) is 13.0 Å². The van der Waals surface area contributed by atoms with Crippen molar-refractivity contribution in [1.82, 2.24) is 4.90 Å². The Morgan fingerprint density at radius 1 is 1.16 bits per heavy atom. The zero-order valence-corrected chi connectivity index (χ0v) is 13.4. The molecule has 0 rings (SSSR count). The Labute approximate surface area is 117 Å². The topological polar surface area (TPSA) is 46.6 Å². The first-order valence-electron chi connectivity index (χ1n) is 7.04. The van der Waals surface area contributed by atoms with E-state index in [0.717, 1.165) is 0 Å². The third kappa shape index (κ3) is 6.60. The predicted octanol–water partition coefficient (Wildman–Crippen LogP) is 2.86. The molecule has 0 aromatic heterocycles. The van der Waals surface area contributed by atoms with E-state index in [1.165, 1.54) is 0 Å². The Morgan fingerprint density at radius 2 is 1.68 bits per heavy atom. The molecule has 0 radical (unpaired) electrons. The molecule has 0 spiro atoms. The predicted molar refractivity (Wildman–Crippen MR) is 76.7 cm³/mol. The molecule has 0 saturated heterocycles. The van der Waals surface area contributed by atoms with Gasteiger partial charge in [0.25, 0.3) is 0 Å². The summed E-state index contributed by atoms with van der Waals surface area (Å²) in [7, 11) is 0. The van der Waals surface area contributed by atoms with Crippen LogP contribution in [0.5, 0.6) is 0 Å². The molecule has 4 nitrogen and oxygen atoms in total. The number of ether oxygens (including phenoxy) is 1. The second kappa shape index (κ2) is 7.51. The quantitative estimate of drug-likeness (QED) is 0.698. The monoisotopic (exact) mass is 271 g/mol. The number of hydrogen-bond acceptors (Lipinski definition) is 3. The van der Waals surface area contributed by atoms with Gasteiger partial charge in [0.2, 0.25) is 5.91 Å². The van der Waals surface area contributed by atoms with E-state index in [1.54, 1.807) is 11.8 Å². The number of rotatable bonds is 6. The maximum absolute atomic E-state index is 12.3. The van der Waals surface area contributed by atoms with Gasteiger partial charge in [0.15, 0.2) is 0 Å². The standard InChI is InChI=1S/C15H29NO3/c1-8-19-14(18)10-16(11(2)3)13(17)9-12(4)15(5,6)7/h11-12H,8-10H2,1-7H3. The maximum Gasteiger partial charge on any atom is 0.325 e. The first kappa shape index (κ1) is 17.9. The molecule has 0 aliphatic heterocycles. The lowest BCUT2D eigenvalue weighted by Gasteiger charge is -2.31. The molecule has 112 valence electrons. The number of carbonyl (C=O) groups is 2. The Morgan fingerprint density at radius 3 is 2.05 bits per heavy atom. The molecule has 0 N–H and O–H groups in total. The molecular weight excluding hydrogens is 242 g/mol. The van der Waals surface area contributed by atoms with Gasteiger partial charge in [-0.05, 0) is 32.1 Å². The second-order valence-corrected chi connectivity index (χ2v) is 6.39. The Hall–Kier alpha value is -1.06. The summed E-state index contributed by atoms with van der Waals surface area (Å²) < 4.78 is 4.91. The summed E-state index contributed by atoms with van der Waals surface area (Å²) in [6, 6.07) is 0.00377. The Bertz CT molecular complexity index is 305. The van der Waals surface area contributed by atoms with Crippen molar-refractivity contribution < 1.29 is 14.3 Å². The molecule has 0 aliphatic carbocycles. The van der Waals surface area contributed by atoms with Gasteiger partial charge in [-0.2, -0.15) is 0 Å². The molecule has 0 saturated carbocycles. The van der Waals surface area contributed by atoms with Crippen molar-refractivity contribution in [1.29, 1.82) is 0 Å². The number of nitrogens with zero attached hydrogens (tertiary/aromatic N) is 1. The van der Waals surface area contributed by atoms with Crippen LogP contribution in [0.15, 0.2) is 0 Å². The third-order valence-electron chi connectivity index (χ3n) is 3.51. The van der Waals surface area contributed by atoms with Crippen LogP contribution in [-0.2, 0) is 14.3 Å². The molecule has 1 unspecified atom stereocenters. The Balaban J connectivity index is 4.63. The average Bonchev–Trinajstić information content (AvgIpc) is 2.24. The van der Waals surface area contributed by atoms with Gasteiger partial charge in [0, 0.05) is 12.5 Å². The minimum Gasteiger partial charge on any atom is -0.465 e. The van der Waals surface area contributed by atoms with E-state index in [4.69, 9.17) is 4.74 Å². The summed E-state index contributed by atoms with van der Waals surface area (Å²) in [5.41, 5.74) is 0.0856. The zero-order chi connectivity index (χ0) is 15.2. The highest BCUT2D eigenvalue weighted by Crippen LogP contribution is 2.28. The molecule has 1 atom stereocenters. The third-order valence-corrected chi connectivity index (χ3v) is 3.51. The molecule has 19 heavy (non-hydrogen) atoms. The van der Waals surface area contributed by atoms with E-state index in [9.17, 15) is 9.59 Å². The van der Waals surface area contributed by atoms with E-state index in [-0.39, 0.29) is 35.8 Å². The smallest absolute Gasteiger partial charge is 0.325 e. The minimum absolute atomic E-state index is 0.00377. The van der Waals surface area contributed by atoms with E-state index in [2.05, 4.69) is 27.7 Å². The summed E-state index contributed by atoms with van der Waals surface area (Å²) in [5.74, 6) is -0.0538. The van der Waals surface area contributed by atoms with Crippen LogP contribution in [0.4, 0.5) is 0 Å². The molecule has 0 aliphatic rings. The van der Waals surface area contributed by atoms with Crippen LogP contribution in [0, 0.1) is 11.3 Å². The number of carbonyl (C=O) groups excluding carboxylic acids is 2. The van der Waals surface area contributed by atoms with Crippen LogP contribution in [0.2, 0.25) is 0 Å². The summed E-state index contributed by atoms with van der Waals surface area (Å²) in [4.78, 5) is 25.4. The van der Waals surface area contributed by atoms with Crippen LogP contribution >= 0.6 is 0 Å². The molecular formula is C15H29NO3. The van der Waals surface area contributed by atoms with Crippen LogP contribution in [0.25, 0.3) is 0 Å². The first-order valence-corrected chi connectivity index (χ1v) is 7.04. The van der Waals surface area contributed by atoms with Crippen LogP contribution in [-0.4, -0.2) is 36.0 Å². The van der Waals surface area contributed by atoms with Crippen molar-refractivity contribution in [3.63, 3.8) is 0 Å². The van der Waals surface area contributed by atoms with E-state index < -0.39 is 0 Å². The molecule has 0 fully saturated rings. The Kier molecular flexibility index (Phi) is 7.09. The van der Waals surface area contributed by atoms with Crippen molar-refractivity contribution in [2.45, 2.75) is 60.9 Å². The molecule has 0 aromatic carbocycles. The summed E-state index contributed by atoms with van der Waals surface area (Å²) in [6.07, 6.45) is 0.459. The number of hydrogen-bond donors (Lipinski definition) is 0. The molecule has 1 amide bonds. The van der Waals surface area contributed by atoms with Gasteiger partial charge in [-0.3, -0.25) is 9.59 Å². The van der Waals surface area contributed by atoms with Gasteiger partial charge in [-0.1, -0.05) is 27.7 Å². The van der Waals surface area contributed by atoms with E-state index >= 15 is 0 Å². The van der Waals surface area contributed by atoms with E-state index in [1.807, 2.05) is 13.8 Å². The summed E-state index contributed by atoms with van der Waals surface area (Å²) >= 11 is 0. The highest BCUT2D eigenvalue weighted by Gasteiger charge is 2.27. The normalized spacial score (nSPS) is 13.3. The number of esters is 1. The SMILES string of the molecule is CCOC(=O)CN(C(=O)CC(C)C(C)(C)C)C(C)C. The molecule has 0 aromatic rings. The fourth-order valence-corrected chi connectivity index (χ4v) is 1.59. The summed E-state index contributed by atoms with van der Waals surface area (Å²) in [6.45, 7) is 14.4.